The molecule has 0 N–H and O–H groups in total. The van der Waals surface area contributed by atoms with Gasteiger partial charge in [-0.25, -0.2) is 4.79 Å². The molecule has 2 saturated heterocycles. The van der Waals surface area contributed by atoms with Crippen LogP contribution in [0.25, 0.3) is 5.57 Å². The molecule has 4 rings (SSSR count). The van der Waals surface area contributed by atoms with Gasteiger partial charge in [-0.15, -0.1) is 0 Å². The van der Waals surface area contributed by atoms with E-state index < -0.39 is 65.7 Å². The summed E-state index contributed by atoms with van der Waals surface area (Å²) in [6.45, 7) is 3.37. The third-order valence-corrected chi connectivity index (χ3v) is 7.24. The first kappa shape index (κ1) is 31.9. The summed E-state index contributed by atoms with van der Waals surface area (Å²) in [5.74, 6) is -1.22. The molecule has 0 unspecified atom stereocenters. The Morgan fingerprint density at radius 1 is 1.00 bits per heavy atom. The minimum absolute atomic E-state index is 0.00852. The molecule has 0 radical (unpaired) electrons. The number of carbonyl (C=O) groups excluding carboxylic acids is 3. The molecule has 0 spiro atoms. The Bertz CT molecular complexity index is 1350. The lowest BCUT2D eigenvalue weighted by atomic mass is 9.93. The van der Waals surface area contributed by atoms with E-state index in [1.165, 1.54) is 9.80 Å². The normalized spacial score (nSPS) is 19.5. The predicted octanol–water partition coefficient (Wildman–Crippen LogP) is 4.71. The molecule has 232 valence electrons. The molecule has 14 heteroatoms. The maximum Gasteiger partial charge on any atom is 0.416 e. The lowest BCUT2D eigenvalue weighted by Crippen LogP contribution is -2.71. The fraction of sp³-hybridized carbons (Fsp3) is 0.414. The highest BCUT2D eigenvalue weighted by atomic mass is 19.4. The number of nitrogens with zero attached hydrogens (tertiary/aromatic N) is 4. The minimum Gasteiger partial charge on any atom is -0.448 e. The number of piperazine rings is 1. The molecular formula is C29H30F6N4O4. The molecule has 2 aromatic carbocycles. The number of carbonyl (C=O) groups is 3. The summed E-state index contributed by atoms with van der Waals surface area (Å²) < 4.78 is 86.6. The fourth-order valence-electron chi connectivity index (χ4n) is 5.10. The van der Waals surface area contributed by atoms with Gasteiger partial charge in [-0.05, 0) is 49.0 Å². The van der Waals surface area contributed by atoms with E-state index in [2.05, 4.69) is 6.58 Å². The SMILES string of the molecule is C=C(c1ccccc1)[C@H]1C(=O)N(Cc2cc(C(F)(F)F)cc(C(F)(F)F)c2)C[C@@H]2N(C(=O)OCCN(C)C)CCC(=O)N12. The molecule has 8 nitrogen and oxygen atoms in total. The highest BCUT2D eigenvalue weighted by molar-refractivity contribution is 6.00. The van der Waals surface area contributed by atoms with Gasteiger partial charge in [0.05, 0.1) is 17.7 Å². The van der Waals surface area contributed by atoms with Crippen molar-refractivity contribution in [2.24, 2.45) is 0 Å². The maximum atomic E-state index is 13.9. The lowest BCUT2D eigenvalue weighted by molar-refractivity contribution is -0.164. The molecule has 0 aliphatic carbocycles. The van der Waals surface area contributed by atoms with Crippen molar-refractivity contribution in [2.45, 2.75) is 37.5 Å². The predicted molar refractivity (Wildman–Crippen MR) is 143 cm³/mol. The van der Waals surface area contributed by atoms with E-state index in [1.807, 2.05) is 0 Å². The maximum absolute atomic E-state index is 13.9. The average Bonchev–Trinajstić information content (AvgIpc) is 2.92. The molecule has 0 saturated carbocycles. The molecule has 2 atom stereocenters. The van der Waals surface area contributed by atoms with Crippen LogP contribution in [0, 0.1) is 0 Å². The zero-order valence-corrected chi connectivity index (χ0v) is 23.4. The molecule has 43 heavy (non-hydrogen) atoms. The van der Waals surface area contributed by atoms with Crippen LogP contribution >= 0.6 is 0 Å². The Balaban J connectivity index is 1.75. The Labute approximate surface area is 244 Å². The van der Waals surface area contributed by atoms with Crippen LogP contribution in [-0.2, 0) is 33.2 Å². The van der Waals surface area contributed by atoms with Crippen LogP contribution in [0.2, 0.25) is 0 Å². The molecular weight excluding hydrogens is 582 g/mol. The molecule has 2 heterocycles. The zero-order chi connectivity index (χ0) is 31.7. The van der Waals surface area contributed by atoms with E-state index in [4.69, 9.17) is 4.74 Å². The fourth-order valence-corrected chi connectivity index (χ4v) is 5.10. The van der Waals surface area contributed by atoms with Crippen molar-refractivity contribution in [3.8, 4) is 0 Å². The molecule has 2 aromatic rings. The zero-order valence-electron chi connectivity index (χ0n) is 23.4. The van der Waals surface area contributed by atoms with Crippen LogP contribution < -0.4 is 0 Å². The summed E-state index contributed by atoms with van der Waals surface area (Å²) in [6, 6.07) is 8.10. The van der Waals surface area contributed by atoms with Gasteiger partial charge in [0.25, 0.3) is 5.91 Å². The number of alkyl halides is 6. The first-order valence-corrected chi connectivity index (χ1v) is 13.3. The topological polar surface area (TPSA) is 73.4 Å². The van der Waals surface area contributed by atoms with Gasteiger partial charge in [0.2, 0.25) is 5.91 Å². The van der Waals surface area contributed by atoms with Crippen molar-refractivity contribution in [3.05, 3.63) is 77.4 Å². The van der Waals surface area contributed by atoms with Gasteiger partial charge >= 0.3 is 18.4 Å². The number of hydrogen-bond acceptors (Lipinski definition) is 5. The number of amides is 3. The van der Waals surface area contributed by atoms with Crippen molar-refractivity contribution in [1.82, 2.24) is 19.6 Å². The smallest absolute Gasteiger partial charge is 0.416 e. The summed E-state index contributed by atoms with van der Waals surface area (Å²) >= 11 is 0. The molecule has 2 fully saturated rings. The van der Waals surface area contributed by atoms with Crippen LogP contribution in [0.1, 0.15) is 28.7 Å². The summed E-state index contributed by atoms with van der Waals surface area (Å²) in [4.78, 5) is 45.6. The molecule has 2 aliphatic rings. The van der Waals surface area contributed by atoms with Crippen LogP contribution in [0.5, 0.6) is 0 Å². The number of fused-ring (bicyclic) bond motifs is 1. The second-order valence-corrected chi connectivity index (χ2v) is 10.6. The van der Waals surface area contributed by atoms with Gasteiger partial charge in [-0.3, -0.25) is 14.5 Å². The van der Waals surface area contributed by atoms with Gasteiger partial charge in [0.15, 0.2) is 0 Å². The monoisotopic (exact) mass is 612 g/mol. The van der Waals surface area contributed by atoms with Crippen LogP contribution in [0.3, 0.4) is 0 Å². The molecule has 0 aromatic heterocycles. The summed E-state index contributed by atoms with van der Waals surface area (Å²) in [5, 5.41) is 0. The number of rotatable bonds is 7. The van der Waals surface area contributed by atoms with E-state index in [0.29, 0.717) is 24.2 Å². The van der Waals surface area contributed by atoms with E-state index in [0.717, 1.165) is 4.90 Å². The minimum atomic E-state index is -5.08. The van der Waals surface area contributed by atoms with Crippen molar-refractivity contribution < 1.29 is 45.5 Å². The van der Waals surface area contributed by atoms with Crippen LogP contribution in [0.15, 0.2) is 55.1 Å². The number of likely N-dealkylation sites (N-methyl/N-ethyl adjacent to an activating group) is 1. The van der Waals surface area contributed by atoms with Crippen molar-refractivity contribution in [2.75, 3.05) is 40.3 Å². The van der Waals surface area contributed by atoms with Crippen LogP contribution in [0.4, 0.5) is 31.1 Å². The van der Waals surface area contributed by atoms with Gasteiger partial charge in [-0.2, -0.15) is 26.3 Å². The van der Waals surface area contributed by atoms with Crippen molar-refractivity contribution in [1.29, 1.82) is 0 Å². The highest BCUT2D eigenvalue weighted by Crippen LogP contribution is 2.38. The van der Waals surface area contributed by atoms with Gasteiger partial charge < -0.3 is 19.4 Å². The third-order valence-electron chi connectivity index (χ3n) is 7.24. The summed E-state index contributed by atoms with van der Waals surface area (Å²) in [5.41, 5.74) is -2.80. The number of hydrogen-bond donors (Lipinski definition) is 0. The first-order chi connectivity index (χ1) is 20.1. The molecule has 2 aliphatic heterocycles. The lowest BCUT2D eigenvalue weighted by Gasteiger charge is -2.52. The third kappa shape index (κ3) is 7.12. The summed E-state index contributed by atoms with van der Waals surface area (Å²) in [6.07, 6.45) is -12.2. The van der Waals surface area contributed by atoms with Crippen LogP contribution in [-0.4, -0.2) is 90.1 Å². The van der Waals surface area contributed by atoms with Crippen molar-refractivity contribution in [3.63, 3.8) is 0 Å². The standard InChI is InChI=1S/C29H30F6N4O4/c1-18(20-7-5-4-6-8-20)25-26(41)37(16-19-13-21(28(30,31)32)15-22(14-19)29(33,34)35)17-23-38(10-9-24(40)39(23)25)27(42)43-12-11-36(2)3/h4-8,13-15,23,25H,1,9-12,16-17H2,2-3H3/t23-,25+/m1/s1. The Hall–Kier alpha value is -4.07. The second-order valence-electron chi connectivity index (χ2n) is 10.6. The molecule has 3 amide bonds. The number of benzene rings is 2. The Morgan fingerprint density at radius 3 is 2.16 bits per heavy atom. The van der Waals surface area contributed by atoms with E-state index in [9.17, 15) is 40.7 Å². The Kier molecular flexibility index (Phi) is 9.09. The van der Waals surface area contributed by atoms with Gasteiger partial charge in [0, 0.05) is 26.1 Å². The van der Waals surface area contributed by atoms with Gasteiger partial charge in [-0.1, -0.05) is 36.9 Å². The largest absolute Gasteiger partial charge is 0.448 e. The highest BCUT2D eigenvalue weighted by Gasteiger charge is 2.50. The van der Waals surface area contributed by atoms with Gasteiger partial charge in [0.1, 0.15) is 18.8 Å². The second kappa shape index (κ2) is 12.3. The van der Waals surface area contributed by atoms with E-state index in [1.54, 1.807) is 49.3 Å². The van der Waals surface area contributed by atoms with Crippen molar-refractivity contribution >= 4 is 23.5 Å². The average molecular weight is 613 g/mol. The number of ether oxygens (including phenoxy) is 1. The van der Waals surface area contributed by atoms with E-state index >= 15 is 0 Å². The first-order valence-electron chi connectivity index (χ1n) is 13.3. The summed E-state index contributed by atoms with van der Waals surface area (Å²) in [7, 11) is 3.55. The molecule has 0 bridgehead atoms. The quantitative estimate of drug-likeness (QED) is 0.424. The number of halogens is 6. The van der Waals surface area contributed by atoms with E-state index in [-0.39, 0.29) is 37.8 Å². The Morgan fingerprint density at radius 2 is 1.60 bits per heavy atom.